The lowest BCUT2D eigenvalue weighted by molar-refractivity contribution is -0.138. The molecule has 2 nitrogen and oxygen atoms in total. The molecule has 6 heteroatoms. The number of carbonyl (C=O) groups excluding carboxylic acids is 1. The molecule has 0 heterocycles. The van der Waals surface area contributed by atoms with Gasteiger partial charge in [0.25, 0.3) is 0 Å². The number of rotatable bonds is 4. The zero-order valence-electron chi connectivity index (χ0n) is 8.55. The Kier molecular flexibility index (Phi) is 4.34. The Morgan fingerprint density at radius 3 is 2.59 bits per heavy atom. The minimum Gasteiger partial charge on any atom is -0.488 e. The first-order valence-electron chi connectivity index (χ1n) is 4.47. The van der Waals surface area contributed by atoms with Gasteiger partial charge in [-0.1, -0.05) is 22.5 Å². The summed E-state index contributed by atoms with van der Waals surface area (Å²) in [5.41, 5.74) is -1.03. The average molecular weight is 309 g/mol. The Morgan fingerprint density at radius 2 is 2.12 bits per heavy atom. The van der Waals surface area contributed by atoms with Crippen molar-refractivity contribution < 1.29 is 22.7 Å². The van der Waals surface area contributed by atoms with Gasteiger partial charge in [0.2, 0.25) is 0 Å². The highest BCUT2D eigenvalue weighted by molar-refractivity contribution is 9.11. The Labute approximate surface area is 104 Å². The van der Waals surface area contributed by atoms with E-state index in [4.69, 9.17) is 4.74 Å². The van der Waals surface area contributed by atoms with Gasteiger partial charge in [-0.05, 0) is 18.2 Å². The number of alkyl halides is 3. The molecule has 0 radical (unpaired) electrons. The lowest BCUT2D eigenvalue weighted by Crippen LogP contribution is -2.10. The topological polar surface area (TPSA) is 26.3 Å². The van der Waals surface area contributed by atoms with Crippen molar-refractivity contribution in [2.24, 2.45) is 0 Å². The van der Waals surface area contributed by atoms with Crippen LogP contribution >= 0.6 is 15.9 Å². The van der Waals surface area contributed by atoms with Gasteiger partial charge in [0.15, 0.2) is 0 Å². The van der Waals surface area contributed by atoms with Crippen LogP contribution in [-0.2, 0) is 6.18 Å². The zero-order valence-corrected chi connectivity index (χ0v) is 10.1. The van der Waals surface area contributed by atoms with Crippen LogP contribution in [0.2, 0.25) is 0 Å². The van der Waals surface area contributed by atoms with Gasteiger partial charge in [-0.2, -0.15) is 13.2 Å². The van der Waals surface area contributed by atoms with Crippen molar-refractivity contribution in [1.29, 1.82) is 0 Å². The van der Waals surface area contributed by atoms with Crippen LogP contribution in [0.4, 0.5) is 13.2 Å². The second-order valence-corrected chi connectivity index (χ2v) is 4.30. The van der Waals surface area contributed by atoms with E-state index in [-0.39, 0.29) is 17.9 Å². The molecule has 1 aromatic carbocycles. The highest BCUT2D eigenvalue weighted by Gasteiger charge is 2.34. The van der Waals surface area contributed by atoms with Crippen LogP contribution in [-0.4, -0.2) is 12.9 Å². The first kappa shape index (κ1) is 13.8. The molecule has 0 aliphatic carbocycles. The molecule has 0 amide bonds. The molecule has 0 N–H and O–H groups in total. The molecule has 0 aromatic heterocycles. The van der Waals surface area contributed by atoms with Crippen molar-refractivity contribution in [3.05, 3.63) is 40.4 Å². The summed E-state index contributed by atoms with van der Waals surface area (Å²) < 4.78 is 43.3. The van der Waals surface area contributed by atoms with Crippen molar-refractivity contribution >= 4 is 22.2 Å². The van der Waals surface area contributed by atoms with Gasteiger partial charge in [0.1, 0.15) is 18.6 Å². The third kappa shape index (κ3) is 3.89. The number of carbonyl (C=O) groups is 1. The van der Waals surface area contributed by atoms with Crippen molar-refractivity contribution in [3.63, 3.8) is 0 Å². The third-order valence-electron chi connectivity index (χ3n) is 1.83. The summed E-state index contributed by atoms with van der Waals surface area (Å²) >= 11 is 2.98. The van der Waals surface area contributed by atoms with Crippen LogP contribution in [0.15, 0.2) is 29.3 Å². The van der Waals surface area contributed by atoms with Crippen LogP contribution in [0.3, 0.4) is 0 Å². The lowest BCUT2D eigenvalue weighted by atomic mass is 10.1. The quantitative estimate of drug-likeness (QED) is 0.791. The Bertz CT molecular complexity index is 441. The maximum absolute atomic E-state index is 12.7. The van der Waals surface area contributed by atoms with Gasteiger partial charge in [0, 0.05) is 10.0 Å². The van der Waals surface area contributed by atoms with Gasteiger partial charge < -0.3 is 4.74 Å². The zero-order chi connectivity index (χ0) is 13.1. The average Bonchev–Trinajstić information content (AvgIpc) is 2.24. The normalized spacial score (nSPS) is 11.1. The number of benzene rings is 1. The van der Waals surface area contributed by atoms with Crippen LogP contribution in [0, 0.1) is 0 Å². The minimum atomic E-state index is -4.57. The Morgan fingerprint density at radius 1 is 1.47 bits per heavy atom. The predicted octanol–water partition coefficient (Wildman–Crippen LogP) is 3.81. The van der Waals surface area contributed by atoms with E-state index >= 15 is 0 Å². The van der Waals surface area contributed by atoms with E-state index in [1.165, 1.54) is 6.07 Å². The predicted molar refractivity (Wildman–Crippen MR) is 60.4 cm³/mol. The second kappa shape index (κ2) is 5.35. The smallest absolute Gasteiger partial charge is 0.419 e. The number of hydrogen-bond acceptors (Lipinski definition) is 2. The second-order valence-electron chi connectivity index (χ2n) is 3.18. The molecule has 0 spiro atoms. The van der Waals surface area contributed by atoms with Gasteiger partial charge >= 0.3 is 6.18 Å². The van der Waals surface area contributed by atoms with E-state index in [1.807, 2.05) is 0 Å². The number of aldehydes is 1. The number of ether oxygens (including phenoxy) is 1. The molecule has 1 aromatic rings. The largest absolute Gasteiger partial charge is 0.488 e. The molecule has 0 bridgehead atoms. The van der Waals surface area contributed by atoms with Crippen molar-refractivity contribution in [2.45, 2.75) is 6.18 Å². The molecule has 0 aliphatic rings. The molecule has 0 unspecified atom stereocenters. The monoisotopic (exact) mass is 308 g/mol. The highest BCUT2D eigenvalue weighted by Crippen LogP contribution is 2.36. The van der Waals surface area contributed by atoms with Crippen LogP contribution in [0.5, 0.6) is 5.75 Å². The SMILES string of the molecule is C=C(Br)COc1ccc(C=O)cc1C(F)(F)F. The molecule has 0 saturated carbocycles. The standard InChI is InChI=1S/C11H8BrF3O2/c1-7(12)6-17-10-3-2-8(5-16)4-9(10)11(13,14)15/h2-5H,1,6H2. The summed E-state index contributed by atoms with van der Waals surface area (Å²) in [5.74, 6) is -0.330. The molecule has 0 fully saturated rings. The fraction of sp³-hybridized carbons (Fsp3) is 0.182. The molecule has 17 heavy (non-hydrogen) atoms. The van der Waals surface area contributed by atoms with E-state index in [0.717, 1.165) is 12.1 Å². The summed E-state index contributed by atoms with van der Waals surface area (Å²) in [4.78, 5) is 10.4. The highest BCUT2D eigenvalue weighted by atomic mass is 79.9. The van der Waals surface area contributed by atoms with E-state index in [9.17, 15) is 18.0 Å². The minimum absolute atomic E-state index is 0.0534. The first-order valence-corrected chi connectivity index (χ1v) is 5.26. The Hall–Kier alpha value is -1.30. The van der Waals surface area contributed by atoms with Gasteiger partial charge in [-0.3, -0.25) is 4.79 Å². The summed E-state index contributed by atoms with van der Waals surface area (Å²) in [6.45, 7) is 3.37. The summed E-state index contributed by atoms with van der Waals surface area (Å²) in [6, 6.07) is 3.12. The van der Waals surface area contributed by atoms with Crippen LogP contribution < -0.4 is 4.74 Å². The molecule has 92 valence electrons. The van der Waals surface area contributed by atoms with Gasteiger partial charge in [0.05, 0.1) is 5.56 Å². The van der Waals surface area contributed by atoms with Crippen molar-refractivity contribution in [1.82, 2.24) is 0 Å². The summed E-state index contributed by atoms with van der Waals surface area (Å²) in [7, 11) is 0. The Balaban J connectivity index is 3.11. The molecular weight excluding hydrogens is 301 g/mol. The maximum Gasteiger partial charge on any atom is 0.419 e. The van der Waals surface area contributed by atoms with E-state index in [2.05, 4.69) is 22.5 Å². The van der Waals surface area contributed by atoms with E-state index < -0.39 is 11.7 Å². The lowest BCUT2D eigenvalue weighted by Gasteiger charge is -2.14. The molecule has 0 saturated heterocycles. The summed E-state index contributed by atoms with van der Waals surface area (Å²) in [5, 5.41) is 0. The molecule has 0 atom stereocenters. The fourth-order valence-corrected chi connectivity index (χ4v) is 1.24. The molecule has 0 aliphatic heterocycles. The fourth-order valence-electron chi connectivity index (χ4n) is 1.12. The van der Waals surface area contributed by atoms with E-state index in [0.29, 0.717) is 10.8 Å². The van der Waals surface area contributed by atoms with Crippen LogP contribution in [0.1, 0.15) is 15.9 Å². The number of hydrogen-bond donors (Lipinski definition) is 0. The third-order valence-corrected chi connectivity index (χ3v) is 2.06. The van der Waals surface area contributed by atoms with Crippen molar-refractivity contribution in [2.75, 3.05) is 6.61 Å². The van der Waals surface area contributed by atoms with Crippen molar-refractivity contribution in [3.8, 4) is 5.75 Å². The summed E-state index contributed by atoms with van der Waals surface area (Å²) in [6.07, 6.45) is -4.22. The molecular formula is C11H8BrF3O2. The van der Waals surface area contributed by atoms with E-state index in [1.54, 1.807) is 0 Å². The van der Waals surface area contributed by atoms with Gasteiger partial charge in [-0.15, -0.1) is 0 Å². The maximum atomic E-state index is 12.7. The number of halogens is 4. The van der Waals surface area contributed by atoms with Crippen LogP contribution in [0.25, 0.3) is 0 Å². The van der Waals surface area contributed by atoms with Gasteiger partial charge in [-0.25, -0.2) is 0 Å². The molecule has 1 rings (SSSR count). The first-order chi connectivity index (χ1) is 7.84.